The second kappa shape index (κ2) is 9.92. The predicted molar refractivity (Wildman–Crippen MR) is 121 cm³/mol. The first-order valence-corrected chi connectivity index (χ1v) is 8.85. The van der Waals surface area contributed by atoms with E-state index in [0.717, 1.165) is 11.3 Å². The van der Waals surface area contributed by atoms with Gasteiger partial charge in [-0.3, -0.25) is 4.99 Å². The van der Waals surface area contributed by atoms with E-state index in [4.69, 9.17) is 11.6 Å². The molecule has 0 spiro atoms. The molecule has 0 aliphatic carbocycles. The molecule has 0 saturated carbocycles. The molecule has 3 rings (SSSR count). The quantitative estimate of drug-likeness (QED) is 0.319. The summed E-state index contributed by atoms with van der Waals surface area (Å²) in [4.78, 5) is 10.2. The molecule has 0 aliphatic heterocycles. The van der Waals surface area contributed by atoms with E-state index >= 15 is 0 Å². The minimum atomic E-state index is -0.297. The Balaban J connectivity index is 0.00000280. The van der Waals surface area contributed by atoms with Crippen LogP contribution in [0.25, 0.3) is 5.69 Å². The average Bonchev–Trinajstić information content (AvgIpc) is 3.25. The maximum Gasteiger partial charge on any atom is 0.194 e. The highest BCUT2D eigenvalue weighted by Gasteiger charge is 2.11. The van der Waals surface area contributed by atoms with Crippen LogP contribution in [0.1, 0.15) is 11.3 Å². The number of aromatic nitrogens is 3. The minimum absolute atomic E-state index is 0. The third-order valence-corrected chi connectivity index (χ3v) is 4.50. The number of rotatable bonds is 5. The number of hydrogen-bond donors (Lipinski definition) is 1. The van der Waals surface area contributed by atoms with Crippen LogP contribution >= 0.6 is 35.6 Å². The van der Waals surface area contributed by atoms with Crippen molar-refractivity contribution < 1.29 is 4.39 Å². The summed E-state index contributed by atoms with van der Waals surface area (Å²) in [5.41, 5.74) is 2.37. The van der Waals surface area contributed by atoms with Crippen molar-refractivity contribution in [1.82, 2.24) is 24.3 Å². The number of guanidine groups is 1. The fraction of sp³-hybridized carbons (Fsp3) is 0.263. The maximum absolute atomic E-state index is 14.4. The summed E-state index contributed by atoms with van der Waals surface area (Å²) in [6.07, 6.45) is 6.77. The maximum atomic E-state index is 14.4. The molecule has 0 radical (unpaired) electrons. The van der Waals surface area contributed by atoms with E-state index in [1.165, 1.54) is 6.07 Å². The first-order chi connectivity index (χ1) is 13.0. The van der Waals surface area contributed by atoms with Gasteiger partial charge in [0.05, 0.1) is 23.6 Å². The summed E-state index contributed by atoms with van der Waals surface area (Å²) in [5.74, 6) is 0.417. The normalized spacial score (nSPS) is 11.2. The van der Waals surface area contributed by atoms with Crippen LogP contribution in [0.4, 0.5) is 4.39 Å². The molecule has 2 aromatic heterocycles. The van der Waals surface area contributed by atoms with Crippen molar-refractivity contribution in [3.05, 3.63) is 71.3 Å². The molecule has 0 unspecified atom stereocenters. The summed E-state index contributed by atoms with van der Waals surface area (Å²) in [7, 11) is 5.62. The van der Waals surface area contributed by atoms with Gasteiger partial charge in [0.2, 0.25) is 0 Å². The lowest BCUT2D eigenvalue weighted by Gasteiger charge is -2.22. The van der Waals surface area contributed by atoms with Gasteiger partial charge in [0.15, 0.2) is 5.96 Å². The molecule has 0 saturated heterocycles. The van der Waals surface area contributed by atoms with Gasteiger partial charge in [-0.05, 0) is 23.8 Å². The predicted octanol–water partition coefficient (Wildman–Crippen LogP) is 3.83. The van der Waals surface area contributed by atoms with Crippen LogP contribution in [0.3, 0.4) is 0 Å². The highest BCUT2D eigenvalue weighted by atomic mass is 127. The number of aliphatic imine (C=N–C) groups is 1. The first-order valence-electron chi connectivity index (χ1n) is 8.47. The zero-order valence-electron chi connectivity index (χ0n) is 15.9. The van der Waals surface area contributed by atoms with E-state index in [1.807, 2.05) is 41.9 Å². The Hall–Kier alpha value is -2.07. The van der Waals surface area contributed by atoms with Gasteiger partial charge in [0.25, 0.3) is 0 Å². The van der Waals surface area contributed by atoms with Gasteiger partial charge in [-0.1, -0.05) is 17.7 Å². The first kappa shape index (κ1) is 22.2. The Morgan fingerprint density at radius 1 is 1.36 bits per heavy atom. The van der Waals surface area contributed by atoms with Gasteiger partial charge < -0.3 is 19.4 Å². The number of aryl methyl sites for hydroxylation is 1. The second-order valence-electron chi connectivity index (χ2n) is 6.27. The van der Waals surface area contributed by atoms with E-state index in [-0.39, 0.29) is 29.8 Å². The Morgan fingerprint density at radius 3 is 2.71 bits per heavy atom. The molecule has 1 N–H and O–H groups in total. The molecular weight excluding hydrogens is 494 g/mol. The van der Waals surface area contributed by atoms with Crippen LogP contribution in [-0.4, -0.2) is 39.1 Å². The van der Waals surface area contributed by atoms with Gasteiger partial charge in [-0.15, -0.1) is 24.0 Å². The fourth-order valence-electron chi connectivity index (χ4n) is 2.88. The van der Waals surface area contributed by atoms with Crippen molar-refractivity contribution in [2.24, 2.45) is 12.0 Å². The van der Waals surface area contributed by atoms with Gasteiger partial charge in [0.1, 0.15) is 5.82 Å². The van der Waals surface area contributed by atoms with E-state index in [9.17, 15) is 4.39 Å². The molecule has 0 bridgehead atoms. The monoisotopic (exact) mass is 516 g/mol. The van der Waals surface area contributed by atoms with Crippen LogP contribution in [0, 0.1) is 5.82 Å². The third-order valence-electron chi connectivity index (χ3n) is 4.29. The zero-order valence-corrected chi connectivity index (χ0v) is 19.0. The van der Waals surface area contributed by atoms with Crippen molar-refractivity contribution >= 4 is 41.5 Å². The van der Waals surface area contributed by atoms with Crippen LogP contribution in [0.15, 0.2) is 54.2 Å². The largest absolute Gasteiger partial charge is 0.352 e. The number of imidazole rings is 1. The molecule has 150 valence electrons. The smallest absolute Gasteiger partial charge is 0.194 e. The Kier molecular flexibility index (Phi) is 7.88. The molecule has 3 aromatic rings. The van der Waals surface area contributed by atoms with Gasteiger partial charge in [-0.2, -0.15) is 0 Å². The lowest BCUT2D eigenvalue weighted by Crippen LogP contribution is -2.38. The van der Waals surface area contributed by atoms with Crippen molar-refractivity contribution in [2.75, 3.05) is 14.1 Å². The molecule has 9 heteroatoms. The van der Waals surface area contributed by atoms with Crippen LogP contribution in [0.5, 0.6) is 0 Å². The number of benzene rings is 1. The number of nitrogens with zero attached hydrogens (tertiary/aromatic N) is 5. The summed E-state index contributed by atoms with van der Waals surface area (Å²) in [6, 6.07) is 7.07. The van der Waals surface area contributed by atoms with Gasteiger partial charge in [-0.25, -0.2) is 9.37 Å². The fourth-order valence-corrected chi connectivity index (χ4v) is 3.15. The van der Waals surface area contributed by atoms with Crippen LogP contribution < -0.4 is 5.32 Å². The molecule has 6 nitrogen and oxygen atoms in total. The highest BCUT2D eigenvalue weighted by molar-refractivity contribution is 14.0. The molecular formula is C19H23ClFIN6. The van der Waals surface area contributed by atoms with Crippen molar-refractivity contribution in [3.63, 3.8) is 0 Å². The Bertz CT molecular complexity index is 938. The number of hydrogen-bond acceptors (Lipinski definition) is 2. The van der Waals surface area contributed by atoms with Crippen molar-refractivity contribution in [1.29, 1.82) is 0 Å². The Morgan fingerprint density at radius 2 is 2.14 bits per heavy atom. The summed E-state index contributed by atoms with van der Waals surface area (Å²) >= 11 is 6.04. The molecule has 1 aromatic carbocycles. The third kappa shape index (κ3) is 5.26. The van der Waals surface area contributed by atoms with E-state index < -0.39 is 0 Å². The van der Waals surface area contributed by atoms with Gasteiger partial charge >= 0.3 is 0 Å². The highest BCUT2D eigenvalue weighted by Crippen LogP contribution is 2.16. The van der Waals surface area contributed by atoms with Crippen LogP contribution in [0.2, 0.25) is 5.02 Å². The van der Waals surface area contributed by atoms with Crippen molar-refractivity contribution in [3.8, 4) is 5.69 Å². The van der Waals surface area contributed by atoms with Crippen molar-refractivity contribution in [2.45, 2.75) is 13.1 Å². The molecule has 2 heterocycles. The van der Waals surface area contributed by atoms with E-state index in [2.05, 4.69) is 15.3 Å². The van der Waals surface area contributed by atoms with E-state index in [1.54, 1.807) is 36.4 Å². The molecule has 0 amide bonds. The standard InChI is InChI=1S/C19H22ClFN6.HI/c1-22-19(26(3)12-16-9-15(20)11-25(16)2)24-10-14-4-5-18(17(21)8-14)27-7-6-23-13-27;/h4-9,11,13H,10,12H2,1-3H3,(H,22,24);1H. The number of nitrogens with one attached hydrogen (secondary N) is 1. The summed E-state index contributed by atoms with van der Waals surface area (Å²) in [5, 5.41) is 3.97. The lowest BCUT2D eigenvalue weighted by atomic mass is 10.2. The lowest BCUT2D eigenvalue weighted by molar-refractivity contribution is 0.461. The van der Waals surface area contributed by atoms with E-state index in [0.29, 0.717) is 29.8 Å². The SMILES string of the molecule is CN=C(NCc1ccc(-n2ccnc2)c(F)c1)N(C)Cc1cc(Cl)cn1C.I. The van der Waals surface area contributed by atoms with Crippen LogP contribution in [-0.2, 0) is 20.1 Å². The molecule has 28 heavy (non-hydrogen) atoms. The molecule has 0 atom stereocenters. The zero-order chi connectivity index (χ0) is 19.4. The number of halogens is 3. The Labute approximate surface area is 186 Å². The minimum Gasteiger partial charge on any atom is -0.352 e. The second-order valence-corrected chi connectivity index (χ2v) is 6.71. The topological polar surface area (TPSA) is 50.4 Å². The molecule has 0 aliphatic rings. The summed E-state index contributed by atoms with van der Waals surface area (Å²) < 4.78 is 18.0. The summed E-state index contributed by atoms with van der Waals surface area (Å²) in [6.45, 7) is 1.11. The van der Waals surface area contributed by atoms with Gasteiger partial charge in [0, 0.05) is 52.0 Å². The average molecular weight is 517 g/mol. The molecule has 0 fully saturated rings.